The van der Waals surface area contributed by atoms with Gasteiger partial charge in [-0.25, -0.2) is 0 Å². The fraction of sp³-hybridized carbons (Fsp3) is 0.882. The lowest BCUT2D eigenvalue weighted by Gasteiger charge is -2.45. The molecule has 2 fully saturated rings. The SMILES string of the molecule is CCC(C)C1C(=O)NC(CC(C)C)C(=O)N1C1CCCC1. The van der Waals surface area contributed by atoms with Crippen LogP contribution in [0, 0.1) is 11.8 Å². The van der Waals surface area contributed by atoms with Crippen molar-refractivity contribution < 1.29 is 9.59 Å². The molecule has 2 amide bonds. The van der Waals surface area contributed by atoms with Gasteiger partial charge in [0, 0.05) is 6.04 Å². The number of hydrogen-bond acceptors (Lipinski definition) is 2. The standard InChI is InChI=1S/C17H30N2O2/c1-5-12(4)15-16(20)18-14(10-11(2)3)17(21)19(15)13-8-6-7-9-13/h11-15H,5-10H2,1-4H3,(H,18,20). The molecule has 4 heteroatoms. The van der Waals surface area contributed by atoms with Gasteiger partial charge in [-0.3, -0.25) is 9.59 Å². The zero-order valence-electron chi connectivity index (χ0n) is 13.9. The summed E-state index contributed by atoms with van der Waals surface area (Å²) in [4.78, 5) is 27.5. The topological polar surface area (TPSA) is 49.4 Å². The molecular weight excluding hydrogens is 264 g/mol. The van der Waals surface area contributed by atoms with Crippen LogP contribution in [0.2, 0.25) is 0 Å². The maximum absolute atomic E-state index is 12.9. The van der Waals surface area contributed by atoms with Gasteiger partial charge in [-0.15, -0.1) is 0 Å². The van der Waals surface area contributed by atoms with Crippen LogP contribution in [0.25, 0.3) is 0 Å². The summed E-state index contributed by atoms with van der Waals surface area (Å²) in [6.45, 7) is 8.37. The van der Waals surface area contributed by atoms with Crippen molar-refractivity contribution >= 4 is 11.8 Å². The first-order valence-electron chi connectivity index (χ1n) is 8.58. The summed E-state index contributed by atoms with van der Waals surface area (Å²) in [6, 6.07) is -0.315. The van der Waals surface area contributed by atoms with Crippen molar-refractivity contribution in [3.05, 3.63) is 0 Å². The molecule has 1 saturated carbocycles. The van der Waals surface area contributed by atoms with Gasteiger partial charge in [0.2, 0.25) is 11.8 Å². The Kier molecular flexibility index (Phi) is 5.28. The van der Waals surface area contributed by atoms with Crippen LogP contribution in [0.5, 0.6) is 0 Å². The molecule has 0 aromatic carbocycles. The minimum Gasteiger partial charge on any atom is -0.342 e. The number of amides is 2. The van der Waals surface area contributed by atoms with E-state index in [9.17, 15) is 9.59 Å². The third-order valence-corrected chi connectivity index (χ3v) is 5.05. The molecule has 3 unspecified atom stereocenters. The molecule has 0 spiro atoms. The van der Waals surface area contributed by atoms with Gasteiger partial charge in [-0.05, 0) is 31.1 Å². The van der Waals surface area contributed by atoms with Crippen LogP contribution in [-0.2, 0) is 9.59 Å². The predicted octanol–water partition coefficient (Wildman–Crippen LogP) is 2.72. The van der Waals surface area contributed by atoms with Crippen molar-refractivity contribution in [2.24, 2.45) is 11.8 Å². The molecule has 0 bridgehead atoms. The van der Waals surface area contributed by atoms with Crippen LogP contribution in [0.4, 0.5) is 0 Å². The van der Waals surface area contributed by atoms with Gasteiger partial charge in [-0.2, -0.15) is 0 Å². The van der Waals surface area contributed by atoms with Crippen LogP contribution in [0.3, 0.4) is 0 Å². The summed E-state index contributed by atoms with van der Waals surface area (Å²) in [7, 11) is 0. The minimum atomic E-state index is -0.321. The van der Waals surface area contributed by atoms with Gasteiger partial charge in [0.15, 0.2) is 0 Å². The van der Waals surface area contributed by atoms with Gasteiger partial charge in [0.05, 0.1) is 0 Å². The smallest absolute Gasteiger partial charge is 0.246 e. The maximum Gasteiger partial charge on any atom is 0.246 e. The normalized spacial score (nSPS) is 29.1. The molecule has 0 aromatic heterocycles. The van der Waals surface area contributed by atoms with E-state index in [1.807, 2.05) is 4.90 Å². The van der Waals surface area contributed by atoms with E-state index in [2.05, 4.69) is 33.0 Å². The van der Waals surface area contributed by atoms with Crippen LogP contribution in [0.15, 0.2) is 0 Å². The Bertz CT molecular complexity index is 388. The highest BCUT2D eigenvalue weighted by Crippen LogP contribution is 2.31. The first-order chi connectivity index (χ1) is 9.95. The number of carbonyl (C=O) groups excluding carboxylic acids is 2. The molecule has 2 aliphatic rings. The largest absolute Gasteiger partial charge is 0.342 e. The number of piperazine rings is 1. The van der Waals surface area contributed by atoms with E-state index in [-0.39, 0.29) is 35.9 Å². The minimum absolute atomic E-state index is 0.0569. The third kappa shape index (κ3) is 3.41. The van der Waals surface area contributed by atoms with E-state index in [1.165, 1.54) is 12.8 Å². The number of carbonyl (C=O) groups is 2. The highest BCUT2D eigenvalue weighted by Gasteiger charge is 2.45. The molecule has 21 heavy (non-hydrogen) atoms. The Labute approximate surface area is 128 Å². The van der Waals surface area contributed by atoms with Gasteiger partial charge < -0.3 is 10.2 Å². The molecule has 1 heterocycles. The quantitative estimate of drug-likeness (QED) is 0.847. The second kappa shape index (κ2) is 6.80. The van der Waals surface area contributed by atoms with Gasteiger partial charge in [-0.1, -0.05) is 47.0 Å². The molecular formula is C17H30N2O2. The zero-order valence-corrected chi connectivity index (χ0v) is 13.9. The van der Waals surface area contributed by atoms with E-state index in [4.69, 9.17) is 0 Å². The average molecular weight is 294 g/mol. The fourth-order valence-corrected chi connectivity index (χ4v) is 3.74. The summed E-state index contributed by atoms with van der Waals surface area (Å²) >= 11 is 0. The van der Waals surface area contributed by atoms with E-state index in [0.29, 0.717) is 5.92 Å². The Morgan fingerprint density at radius 1 is 1.19 bits per heavy atom. The Balaban J connectivity index is 2.25. The molecule has 120 valence electrons. The zero-order chi connectivity index (χ0) is 15.6. The van der Waals surface area contributed by atoms with Crippen LogP contribution < -0.4 is 5.32 Å². The number of nitrogens with zero attached hydrogens (tertiary/aromatic N) is 1. The molecule has 0 radical (unpaired) electrons. The second-order valence-corrected chi connectivity index (χ2v) is 7.20. The predicted molar refractivity (Wildman–Crippen MR) is 83.7 cm³/mol. The second-order valence-electron chi connectivity index (χ2n) is 7.20. The fourth-order valence-electron chi connectivity index (χ4n) is 3.74. The lowest BCUT2D eigenvalue weighted by molar-refractivity contribution is -0.154. The van der Waals surface area contributed by atoms with E-state index in [1.54, 1.807) is 0 Å². The molecule has 1 saturated heterocycles. The Hall–Kier alpha value is -1.06. The molecule has 1 aliphatic carbocycles. The average Bonchev–Trinajstić information content (AvgIpc) is 2.94. The third-order valence-electron chi connectivity index (χ3n) is 5.05. The highest BCUT2D eigenvalue weighted by molar-refractivity contribution is 5.97. The monoisotopic (exact) mass is 294 g/mol. The molecule has 3 atom stereocenters. The molecule has 4 nitrogen and oxygen atoms in total. The van der Waals surface area contributed by atoms with Crippen molar-refractivity contribution in [2.45, 2.75) is 84.3 Å². The lowest BCUT2D eigenvalue weighted by Crippen LogP contribution is -2.67. The number of rotatable bonds is 5. The van der Waals surface area contributed by atoms with Crippen LogP contribution >= 0.6 is 0 Å². The highest BCUT2D eigenvalue weighted by atomic mass is 16.2. The van der Waals surface area contributed by atoms with E-state index < -0.39 is 0 Å². The first kappa shape index (κ1) is 16.3. The van der Waals surface area contributed by atoms with Crippen molar-refractivity contribution in [2.75, 3.05) is 0 Å². The van der Waals surface area contributed by atoms with Gasteiger partial charge >= 0.3 is 0 Å². The molecule has 2 rings (SSSR count). The summed E-state index contributed by atoms with van der Waals surface area (Å²) in [6.07, 6.45) is 6.13. The van der Waals surface area contributed by atoms with Gasteiger partial charge in [0.1, 0.15) is 12.1 Å². The molecule has 0 aromatic rings. The van der Waals surface area contributed by atoms with Crippen LogP contribution in [-0.4, -0.2) is 34.8 Å². The van der Waals surface area contributed by atoms with Gasteiger partial charge in [0.25, 0.3) is 0 Å². The first-order valence-corrected chi connectivity index (χ1v) is 8.58. The Morgan fingerprint density at radius 2 is 1.81 bits per heavy atom. The van der Waals surface area contributed by atoms with Crippen LogP contribution in [0.1, 0.15) is 66.2 Å². The Morgan fingerprint density at radius 3 is 2.33 bits per heavy atom. The van der Waals surface area contributed by atoms with Crippen molar-refractivity contribution in [3.8, 4) is 0 Å². The summed E-state index contributed by atoms with van der Waals surface area (Å²) in [5.41, 5.74) is 0. The maximum atomic E-state index is 12.9. The lowest BCUT2D eigenvalue weighted by atomic mass is 9.89. The molecule has 1 aliphatic heterocycles. The number of hydrogen-bond donors (Lipinski definition) is 1. The van der Waals surface area contributed by atoms with E-state index in [0.717, 1.165) is 25.7 Å². The van der Waals surface area contributed by atoms with Crippen molar-refractivity contribution in [1.82, 2.24) is 10.2 Å². The van der Waals surface area contributed by atoms with Crippen molar-refractivity contribution in [3.63, 3.8) is 0 Å². The summed E-state index contributed by atoms with van der Waals surface area (Å²) < 4.78 is 0. The summed E-state index contributed by atoms with van der Waals surface area (Å²) in [5.74, 6) is 0.835. The van der Waals surface area contributed by atoms with Crippen molar-refractivity contribution in [1.29, 1.82) is 0 Å². The molecule has 1 N–H and O–H groups in total. The summed E-state index contributed by atoms with van der Waals surface area (Å²) in [5, 5.41) is 2.99. The van der Waals surface area contributed by atoms with E-state index >= 15 is 0 Å². The number of nitrogens with one attached hydrogen (secondary N) is 1.